The van der Waals surface area contributed by atoms with Crippen molar-refractivity contribution >= 4 is 34.8 Å². The Morgan fingerprint density at radius 3 is 2.50 bits per heavy atom. The van der Waals surface area contributed by atoms with E-state index in [4.69, 9.17) is 31.7 Å². The fourth-order valence-electron chi connectivity index (χ4n) is 4.38. The highest BCUT2D eigenvalue weighted by Gasteiger charge is 2.26. The Labute approximate surface area is 202 Å². The Hall–Kier alpha value is -3.23. The molecule has 2 aromatic carbocycles. The Morgan fingerprint density at radius 1 is 1.15 bits per heavy atom. The van der Waals surface area contributed by atoms with Gasteiger partial charge in [0.05, 0.1) is 17.6 Å². The van der Waals surface area contributed by atoms with Gasteiger partial charge in [-0.05, 0) is 56.1 Å². The van der Waals surface area contributed by atoms with Gasteiger partial charge in [0.15, 0.2) is 0 Å². The van der Waals surface area contributed by atoms with Gasteiger partial charge < -0.3 is 10.2 Å². The number of hydrogen-bond donors (Lipinski definition) is 2. The summed E-state index contributed by atoms with van der Waals surface area (Å²) >= 11 is 6.02. The number of aliphatic carboxylic acids is 1. The van der Waals surface area contributed by atoms with Gasteiger partial charge in [-0.1, -0.05) is 41.9 Å². The van der Waals surface area contributed by atoms with E-state index in [1.807, 2.05) is 48.5 Å². The molecule has 34 heavy (non-hydrogen) atoms. The van der Waals surface area contributed by atoms with Crippen LogP contribution in [-0.2, 0) is 22.6 Å². The van der Waals surface area contributed by atoms with E-state index < -0.39 is 5.97 Å². The molecule has 0 aliphatic carbocycles. The second kappa shape index (κ2) is 12.3. The standard InChI is InChI=1S/C24H26ClN3O3.CH2O2/c25-18-11-9-17(10-12-18)15-22-20-6-1-2-7-21(20)24(31)28(26-22)16-19-5-3-13-27(19)14-4-8-23(29)30;2-1-3/h1-2,6-7,9-12,19H,3-5,8,13-16H2,(H,29,30);1H,(H,2,3)/t19-;/m1./s1. The zero-order valence-electron chi connectivity index (χ0n) is 18.8. The minimum Gasteiger partial charge on any atom is -0.483 e. The predicted molar refractivity (Wildman–Crippen MR) is 130 cm³/mol. The second-order valence-corrected chi connectivity index (χ2v) is 8.65. The number of carboxylic acids is 1. The van der Waals surface area contributed by atoms with Gasteiger partial charge in [-0.2, -0.15) is 5.10 Å². The molecule has 2 N–H and O–H groups in total. The van der Waals surface area contributed by atoms with Crippen LogP contribution in [0.2, 0.25) is 5.02 Å². The summed E-state index contributed by atoms with van der Waals surface area (Å²) < 4.78 is 1.60. The molecule has 8 nitrogen and oxygen atoms in total. The van der Waals surface area contributed by atoms with E-state index in [1.54, 1.807) is 4.68 Å². The van der Waals surface area contributed by atoms with Crippen molar-refractivity contribution in [2.24, 2.45) is 0 Å². The van der Waals surface area contributed by atoms with Crippen LogP contribution < -0.4 is 5.56 Å². The highest BCUT2D eigenvalue weighted by Crippen LogP contribution is 2.21. The lowest BCUT2D eigenvalue weighted by Crippen LogP contribution is -2.38. The van der Waals surface area contributed by atoms with Crippen LogP contribution in [0, 0.1) is 0 Å². The van der Waals surface area contributed by atoms with Crippen LogP contribution in [-0.4, -0.2) is 56.5 Å². The van der Waals surface area contributed by atoms with Crippen molar-refractivity contribution in [2.75, 3.05) is 13.1 Å². The molecule has 2 heterocycles. The lowest BCUT2D eigenvalue weighted by atomic mass is 10.0. The molecule has 0 amide bonds. The fraction of sp³-hybridized carbons (Fsp3) is 0.360. The Kier molecular flexibility index (Phi) is 9.18. The molecule has 9 heteroatoms. The number of halogens is 1. The van der Waals surface area contributed by atoms with E-state index in [1.165, 1.54) is 0 Å². The van der Waals surface area contributed by atoms with E-state index in [9.17, 15) is 9.59 Å². The molecule has 1 fully saturated rings. The van der Waals surface area contributed by atoms with Crippen LogP contribution in [0.15, 0.2) is 53.3 Å². The van der Waals surface area contributed by atoms with Crippen molar-refractivity contribution < 1.29 is 19.8 Å². The average molecular weight is 486 g/mol. The van der Waals surface area contributed by atoms with E-state index in [-0.39, 0.29) is 24.5 Å². The van der Waals surface area contributed by atoms with Gasteiger partial charge in [-0.25, -0.2) is 4.68 Å². The number of nitrogens with zero attached hydrogens (tertiary/aromatic N) is 3. The largest absolute Gasteiger partial charge is 0.483 e. The number of benzene rings is 2. The summed E-state index contributed by atoms with van der Waals surface area (Å²) in [6.07, 6.45) is 3.44. The molecule has 1 aliphatic heterocycles. The minimum absolute atomic E-state index is 0.0761. The van der Waals surface area contributed by atoms with Crippen molar-refractivity contribution in [2.45, 2.75) is 44.7 Å². The molecular weight excluding hydrogens is 458 g/mol. The van der Waals surface area contributed by atoms with Crippen LogP contribution in [0.1, 0.15) is 36.9 Å². The third kappa shape index (κ3) is 6.65. The summed E-state index contributed by atoms with van der Waals surface area (Å²) in [6, 6.07) is 15.5. The summed E-state index contributed by atoms with van der Waals surface area (Å²) in [5, 5.41) is 22.8. The van der Waals surface area contributed by atoms with Crippen LogP contribution in [0.5, 0.6) is 0 Å². The molecule has 1 aliphatic rings. The third-order valence-corrected chi connectivity index (χ3v) is 6.20. The van der Waals surface area contributed by atoms with E-state index in [2.05, 4.69) is 4.90 Å². The Balaban J connectivity index is 0.00000103. The van der Waals surface area contributed by atoms with Gasteiger partial charge >= 0.3 is 5.97 Å². The molecule has 180 valence electrons. The van der Waals surface area contributed by atoms with Crippen molar-refractivity contribution in [3.63, 3.8) is 0 Å². The topological polar surface area (TPSA) is 113 Å². The summed E-state index contributed by atoms with van der Waals surface area (Å²) in [5.74, 6) is -0.769. The van der Waals surface area contributed by atoms with Crippen molar-refractivity contribution in [3.05, 3.63) is 75.2 Å². The van der Waals surface area contributed by atoms with Crippen LogP contribution in [0.25, 0.3) is 10.8 Å². The van der Waals surface area contributed by atoms with Gasteiger partial charge in [0.2, 0.25) is 0 Å². The molecule has 0 saturated carbocycles. The van der Waals surface area contributed by atoms with E-state index in [0.29, 0.717) is 29.8 Å². The first-order chi connectivity index (χ1) is 16.4. The normalized spacial score (nSPS) is 15.6. The number of carboxylic acid groups (broad SMARTS) is 2. The molecule has 1 aromatic heterocycles. The van der Waals surface area contributed by atoms with Gasteiger partial charge in [-0.3, -0.25) is 19.3 Å². The molecule has 0 radical (unpaired) electrons. The number of rotatable bonds is 8. The SMILES string of the molecule is O=C(O)CCCN1CCC[C@@H]1Cn1nc(Cc2ccc(Cl)cc2)c2ccccc2c1=O.O=CO. The van der Waals surface area contributed by atoms with Crippen molar-refractivity contribution in [1.82, 2.24) is 14.7 Å². The highest BCUT2D eigenvalue weighted by atomic mass is 35.5. The third-order valence-electron chi connectivity index (χ3n) is 5.95. The quantitative estimate of drug-likeness (QED) is 0.468. The van der Waals surface area contributed by atoms with E-state index >= 15 is 0 Å². The molecule has 0 spiro atoms. The molecule has 1 saturated heterocycles. The summed E-state index contributed by atoms with van der Waals surface area (Å²) in [6.45, 7) is 1.94. The summed E-state index contributed by atoms with van der Waals surface area (Å²) in [5.41, 5.74) is 1.88. The fourth-order valence-corrected chi connectivity index (χ4v) is 4.51. The van der Waals surface area contributed by atoms with Gasteiger partial charge in [-0.15, -0.1) is 0 Å². The second-order valence-electron chi connectivity index (χ2n) is 8.22. The predicted octanol–water partition coefficient (Wildman–Crippen LogP) is 3.67. The molecule has 0 unspecified atom stereocenters. The minimum atomic E-state index is -0.769. The van der Waals surface area contributed by atoms with Crippen LogP contribution >= 0.6 is 11.6 Å². The first kappa shape index (κ1) is 25.4. The molecule has 0 bridgehead atoms. The summed E-state index contributed by atoms with van der Waals surface area (Å²) in [7, 11) is 0. The Morgan fingerprint density at radius 2 is 1.82 bits per heavy atom. The monoisotopic (exact) mass is 485 g/mol. The maximum Gasteiger partial charge on any atom is 0.303 e. The number of carbonyl (C=O) groups is 2. The number of hydrogen-bond acceptors (Lipinski definition) is 5. The molecular formula is C25H28ClN3O5. The highest BCUT2D eigenvalue weighted by molar-refractivity contribution is 6.30. The van der Waals surface area contributed by atoms with E-state index in [0.717, 1.165) is 42.6 Å². The Bertz CT molecular complexity index is 1180. The maximum atomic E-state index is 13.2. The van der Waals surface area contributed by atoms with Crippen molar-refractivity contribution in [3.8, 4) is 0 Å². The van der Waals surface area contributed by atoms with Crippen molar-refractivity contribution in [1.29, 1.82) is 0 Å². The first-order valence-corrected chi connectivity index (χ1v) is 11.6. The molecule has 4 rings (SSSR count). The average Bonchev–Trinajstić information content (AvgIpc) is 3.25. The molecule has 3 aromatic rings. The lowest BCUT2D eigenvalue weighted by molar-refractivity contribution is -0.137. The molecule has 1 atom stereocenters. The lowest BCUT2D eigenvalue weighted by Gasteiger charge is -2.24. The zero-order chi connectivity index (χ0) is 24.5. The van der Waals surface area contributed by atoms with Crippen LogP contribution in [0.3, 0.4) is 0 Å². The number of likely N-dealkylation sites (tertiary alicyclic amines) is 1. The van der Waals surface area contributed by atoms with Gasteiger partial charge in [0.25, 0.3) is 12.0 Å². The van der Waals surface area contributed by atoms with Gasteiger partial charge in [0.1, 0.15) is 0 Å². The summed E-state index contributed by atoms with van der Waals surface area (Å²) in [4.78, 5) is 34.7. The van der Waals surface area contributed by atoms with Crippen LogP contribution in [0.4, 0.5) is 0 Å². The zero-order valence-corrected chi connectivity index (χ0v) is 19.5. The maximum absolute atomic E-state index is 13.2. The number of fused-ring (bicyclic) bond motifs is 1. The smallest absolute Gasteiger partial charge is 0.303 e. The first-order valence-electron chi connectivity index (χ1n) is 11.2. The van der Waals surface area contributed by atoms with Gasteiger partial charge in [0, 0.05) is 29.3 Å². The number of aromatic nitrogens is 2.